The van der Waals surface area contributed by atoms with Crippen molar-refractivity contribution < 1.29 is 4.48 Å². The van der Waals surface area contributed by atoms with Crippen LogP contribution in [0.3, 0.4) is 0 Å². The largest absolute Gasteiger partial charge is 0.312 e. The molecule has 0 fully saturated rings. The first-order chi connectivity index (χ1) is 16.3. The van der Waals surface area contributed by atoms with Crippen LogP contribution < -0.4 is 0 Å². The summed E-state index contributed by atoms with van der Waals surface area (Å²) in [6.45, 7) is 6.78. The van der Waals surface area contributed by atoms with Crippen LogP contribution in [0.15, 0.2) is 91.0 Å². The molecule has 0 saturated heterocycles. The second kappa shape index (κ2) is 14.7. The van der Waals surface area contributed by atoms with E-state index in [4.69, 9.17) is 0 Å². The van der Waals surface area contributed by atoms with Crippen LogP contribution in [0.1, 0.15) is 81.4 Å². The van der Waals surface area contributed by atoms with E-state index in [0.717, 1.165) is 24.1 Å². The summed E-state index contributed by atoms with van der Waals surface area (Å²) < 4.78 is 1.09. The molecular formula is C32H44N+. The number of rotatable bonds is 16. The third-order valence-corrected chi connectivity index (χ3v) is 6.82. The Morgan fingerprint density at radius 1 is 0.424 bits per heavy atom. The van der Waals surface area contributed by atoms with Gasteiger partial charge in [-0.25, -0.2) is 0 Å². The molecule has 1 heteroatoms. The lowest BCUT2D eigenvalue weighted by Gasteiger charge is -2.39. The minimum atomic E-state index is 1.08. The molecule has 0 amide bonds. The summed E-state index contributed by atoms with van der Waals surface area (Å²) in [5.74, 6) is 0. The van der Waals surface area contributed by atoms with Gasteiger partial charge in [0, 0.05) is 16.7 Å². The van der Waals surface area contributed by atoms with Crippen molar-refractivity contribution in [2.24, 2.45) is 0 Å². The number of benzene rings is 3. The molecule has 0 bridgehead atoms. The smallest absolute Gasteiger partial charge is 0.105 e. The fourth-order valence-electron chi connectivity index (χ4n) is 5.07. The first kappa shape index (κ1) is 25.2. The summed E-state index contributed by atoms with van der Waals surface area (Å²) in [5, 5.41) is 0. The highest BCUT2D eigenvalue weighted by molar-refractivity contribution is 5.17. The van der Waals surface area contributed by atoms with Gasteiger partial charge in [-0.3, -0.25) is 0 Å². The van der Waals surface area contributed by atoms with Crippen molar-refractivity contribution in [3.05, 3.63) is 108 Å². The van der Waals surface area contributed by atoms with Crippen LogP contribution in [0.25, 0.3) is 0 Å². The van der Waals surface area contributed by atoms with E-state index in [9.17, 15) is 0 Å². The first-order valence-electron chi connectivity index (χ1n) is 13.3. The maximum absolute atomic E-state index is 2.30. The third-order valence-electron chi connectivity index (χ3n) is 6.82. The zero-order valence-electron chi connectivity index (χ0n) is 20.8. The van der Waals surface area contributed by atoms with Crippen molar-refractivity contribution >= 4 is 0 Å². The molecule has 176 valence electrons. The molecule has 0 unspecified atom stereocenters. The Morgan fingerprint density at radius 2 is 0.758 bits per heavy atom. The maximum atomic E-state index is 2.30. The van der Waals surface area contributed by atoms with Crippen LogP contribution in [0.2, 0.25) is 0 Å². The summed E-state index contributed by atoms with van der Waals surface area (Å²) >= 11 is 0. The molecule has 0 aliphatic rings. The molecule has 0 aliphatic carbocycles. The maximum Gasteiger partial charge on any atom is 0.105 e. The minimum Gasteiger partial charge on any atom is -0.312 e. The Kier molecular flexibility index (Phi) is 11.2. The van der Waals surface area contributed by atoms with Gasteiger partial charge in [0.2, 0.25) is 0 Å². The number of hydrogen-bond donors (Lipinski definition) is 0. The Hall–Kier alpha value is -2.38. The minimum absolute atomic E-state index is 1.08. The van der Waals surface area contributed by atoms with Crippen molar-refractivity contribution in [1.29, 1.82) is 0 Å². The van der Waals surface area contributed by atoms with Gasteiger partial charge in [-0.2, -0.15) is 0 Å². The lowest BCUT2D eigenvalue weighted by atomic mass is 10.0. The van der Waals surface area contributed by atoms with Crippen LogP contribution in [0.5, 0.6) is 0 Å². The van der Waals surface area contributed by atoms with E-state index < -0.39 is 0 Å². The van der Waals surface area contributed by atoms with Gasteiger partial charge in [0.15, 0.2) is 0 Å². The zero-order valence-corrected chi connectivity index (χ0v) is 20.8. The Labute approximate surface area is 203 Å². The van der Waals surface area contributed by atoms with Crippen molar-refractivity contribution in [3.8, 4) is 0 Å². The molecule has 0 saturated carbocycles. The Balaban J connectivity index is 1.69. The quantitative estimate of drug-likeness (QED) is 0.153. The molecule has 1 nitrogen and oxygen atoms in total. The second-order valence-electron chi connectivity index (χ2n) is 9.82. The molecule has 0 aliphatic heterocycles. The summed E-state index contributed by atoms with van der Waals surface area (Å²) in [7, 11) is 0. The molecule has 33 heavy (non-hydrogen) atoms. The standard InChI is InChI=1S/C32H44N/c1-2-3-4-5-6-7-8-9-19-26-33(27-30-20-13-10-14-21-30,28-31-22-15-11-16-23-31)29-32-24-17-12-18-25-32/h10-18,20-25H,2-9,19,26-29H2,1H3/q+1. The van der Waals surface area contributed by atoms with E-state index in [1.165, 1.54) is 81.0 Å². The molecule has 0 radical (unpaired) electrons. The fraction of sp³-hybridized carbons (Fsp3) is 0.438. The van der Waals surface area contributed by atoms with Gasteiger partial charge in [-0.05, 0) is 12.8 Å². The van der Waals surface area contributed by atoms with E-state index in [-0.39, 0.29) is 0 Å². The van der Waals surface area contributed by atoms with Gasteiger partial charge in [0.1, 0.15) is 19.6 Å². The number of unbranched alkanes of at least 4 members (excludes halogenated alkanes) is 8. The van der Waals surface area contributed by atoms with E-state index in [1.807, 2.05) is 0 Å². The predicted octanol–water partition coefficient (Wildman–Crippen LogP) is 8.93. The molecule has 0 aromatic heterocycles. The van der Waals surface area contributed by atoms with Gasteiger partial charge < -0.3 is 4.48 Å². The highest BCUT2D eigenvalue weighted by Crippen LogP contribution is 2.26. The number of nitrogens with zero attached hydrogens (tertiary/aromatic N) is 1. The molecule has 0 spiro atoms. The third kappa shape index (κ3) is 9.56. The summed E-state index contributed by atoms with van der Waals surface area (Å²) in [4.78, 5) is 0. The monoisotopic (exact) mass is 442 g/mol. The van der Waals surface area contributed by atoms with E-state index in [2.05, 4.69) is 97.9 Å². The van der Waals surface area contributed by atoms with Crippen molar-refractivity contribution in [3.63, 3.8) is 0 Å². The lowest BCUT2D eigenvalue weighted by Crippen LogP contribution is -2.46. The van der Waals surface area contributed by atoms with Crippen LogP contribution in [0.4, 0.5) is 0 Å². The normalized spacial score (nSPS) is 11.5. The molecule has 0 N–H and O–H groups in total. The first-order valence-corrected chi connectivity index (χ1v) is 13.3. The molecule has 3 aromatic rings. The second-order valence-corrected chi connectivity index (χ2v) is 9.82. The summed E-state index contributed by atoms with van der Waals surface area (Å²) in [5.41, 5.74) is 4.33. The number of quaternary nitrogens is 1. The van der Waals surface area contributed by atoms with Crippen LogP contribution >= 0.6 is 0 Å². The Bertz CT molecular complexity index is 755. The molecule has 3 rings (SSSR count). The number of hydrogen-bond acceptors (Lipinski definition) is 0. The van der Waals surface area contributed by atoms with E-state index in [1.54, 1.807) is 0 Å². The SMILES string of the molecule is CCCCCCCCCCC[N+](Cc1ccccc1)(Cc1ccccc1)Cc1ccccc1. The average Bonchev–Trinajstić information content (AvgIpc) is 2.85. The Morgan fingerprint density at radius 3 is 1.12 bits per heavy atom. The molecule has 0 atom stereocenters. The molecular weight excluding hydrogens is 398 g/mol. The summed E-state index contributed by atoms with van der Waals surface area (Å²) in [6.07, 6.45) is 12.4. The van der Waals surface area contributed by atoms with Crippen molar-refractivity contribution in [1.82, 2.24) is 0 Å². The van der Waals surface area contributed by atoms with Gasteiger partial charge in [0.25, 0.3) is 0 Å². The van der Waals surface area contributed by atoms with Gasteiger partial charge in [-0.15, -0.1) is 0 Å². The molecule has 3 aromatic carbocycles. The zero-order chi connectivity index (χ0) is 23.0. The van der Waals surface area contributed by atoms with Crippen molar-refractivity contribution in [2.45, 2.75) is 84.3 Å². The van der Waals surface area contributed by atoms with E-state index >= 15 is 0 Å². The average molecular weight is 443 g/mol. The highest BCUT2D eigenvalue weighted by Gasteiger charge is 2.28. The molecule has 0 heterocycles. The van der Waals surface area contributed by atoms with Crippen molar-refractivity contribution in [2.75, 3.05) is 6.54 Å². The highest BCUT2D eigenvalue weighted by atomic mass is 15.3. The van der Waals surface area contributed by atoms with Gasteiger partial charge in [-0.1, -0.05) is 143 Å². The van der Waals surface area contributed by atoms with Crippen LogP contribution in [-0.2, 0) is 19.6 Å². The van der Waals surface area contributed by atoms with Crippen LogP contribution in [0, 0.1) is 0 Å². The lowest BCUT2D eigenvalue weighted by molar-refractivity contribution is -0.966. The summed E-state index contributed by atoms with van der Waals surface area (Å²) in [6, 6.07) is 33.4. The van der Waals surface area contributed by atoms with Crippen LogP contribution in [-0.4, -0.2) is 11.0 Å². The predicted molar refractivity (Wildman–Crippen MR) is 143 cm³/mol. The van der Waals surface area contributed by atoms with E-state index in [0.29, 0.717) is 0 Å². The topological polar surface area (TPSA) is 0 Å². The fourth-order valence-corrected chi connectivity index (χ4v) is 5.07. The van der Waals surface area contributed by atoms with Gasteiger partial charge in [0.05, 0.1) is 6.54 Å². The van der Waals surface area contributed by atoms with Gasteiger partial charge >= 0.3 is 0 Å².